The molecule has 2 amide bonds. The third kappa shape index (κ3) is 4.44. The zero-order valence-corrected chi connectivity index (χ0v) is 12.8. The van der Waals surface area contributed by atoms with Gasteiger partial charge in [0, 0.05) is 26.1 Å². The van der Waals surface area contributed by atoms with Crippen molar-refractivity contribution >= 4 is 24.2 Å². The number of halogens is 1. The van der Waals surface area contributed by atoms with Crippen molar-refractivity contribution in [2.45, 2.75) is 25.3 Å². The van der Waals surface area contributed by atoms with Gasteiger partial charge in [-0.25, -0.2) is 0 Å². The van der Waals surface area contributed by atoms with Crippen LogP contribution in [0.1, 0.15) is 30.9 Å². The molecule has 0 saturated carbocycles. The summed E-state index contributed by atoms with van der Waals surface area (Å²) in [5.74, 6) is -0.107. The highest BCUT2D eigenvalue weighted by molar-refractivity contribution is 5.89. The molecule has 1 unspecified atom stereocenters. The predicted octanol–water partition coefficient (Wildman–Crippen LogP) is 1.24. The lowest BCUT2D eigenvalue weighted by Crippen LogP contribution is -2.46. The van der Waals surface area contributed by atoms with Gasteiger partial charge in [-0.3, -0.25) is 9.59 Å². The lowest BCUT2D eigenvalue weighted by Gasteiger charge is -2.34. The maximum atomic E-state index is 12.4. The molecule has 116 valence electrons. The standard InChI is InChI=1S/C15H21N3O2.ClH/c16-9-10-17-15(20)14(12-6-2-1-3-7-12)18-11-5-4-8-13(18)19;/h1-3,6-7,14H,4-5,8-11,16H2,(H,17,20);1H. The highest BCUT2D eigenvalue weighted by atomic mass is 35.5. The first-order chi connectivity index (χ1) is 9.74. The van der Waals surface area contributed by atoms with Crippen molar-refractivity contribution in [1.29, 1.82) is 0 Å². The molecule has 1 aliphatic heterocycles. The van der Waals surface area contributed by atoms with Crippen LogP contribution in [0.3, 0.4) is 0 Å². The lowest BCUT2D eigenvalue weighted by atomic mass is 10.0. The number of hydrogen-bond donors (Lipinski definition) is 2. The number of carbonyl (C=O) groups is 2. The minimum Gasteiger partial charge on any atom is -0.353 e. The van der Waals surface area contributed by atoms with Crippen LogP contribution < -0.4 is 11.1 Å². The van der Waals surface area contributed by atoms with Gasteiger partial charge in [0.25, 0.3) is 0 Å². The molecule has 0 aromatic heterocycles. The van der Waals surface area contributed by atoms with Crippen molar-refractivity contribution in [2.75, 3.05) is 19.6 Å². The molecule has 0 spiro atoms. The average Bonchev–Trinajstić information content (AvgIpc) is 2.48. The van der Waals surface area contributed by atoms with Crippen molar-refractivity contribution in [3.8, 4) is 0 Å². The molecular formula is C15H22ClN3O2. The topological polar surface area (TPSA) is 75.4 Å². The maximum Gasteiger partial charge on any atom is 0.247 e. The van der Waals surface area contributed by atoms with E-state index in [1.54, 1.807) is 4.90 Å². The van der Waals surface area contributed by atoms with Crippen LogP contribution in [0.4, 0.5) is 0 Å². The summed E-state index contributed by atoms with van der Waals surface area (Å²) in [5.41, 5.74) is 6.27. The number of rotatable bonds is 5. The smallest absolute Gasteiger partial charge is 0.247 e. The van der Waals surface area contributed by atoms with E-state index in [0.29, 0.717) is 26.1 Å². The van der Waals surface area contributed by atoms with Crippen molar-refractivity contribution in [3.05, 3.63) is 35.9 Å². The van der Waals surface area contributed by atoms with Gasteiger partial charge in [0.15, 0.2) is 0 Å². The van der Waals surface area contributed by atoms with E-state index >= 15 is 0 Å². The molecular weight excluding hydrogens is 290 g/mol. The third-order valence-electron chi connectivity index (χ3n) is 3.48. The molecule has 1 fully saturated rings. The fourth-order valence-electron chi connectivity index (χ4n) is 2.50. The zero-order chi connectivity index (χ0) is 14.4. The first-order valence-electron chi connectivity index (χ1n) is 7.06. The van der Waals surface area contributed by atoms with E-state index in [1.165, 1.54) is 0 Å². The number of nitrogens with one attached hydrogen (secondary N) is 1. The maximum absolute atomic E-state index is 12.4. The second-order valence-electron chi connectivity index (χ2n) is 4.94. The number of piperidine rings is 1. The fraction of sp³-hybridized carbons (Fsp3) is 0.467. The highest BCUT2D eigenvalue weighted by Gasteiger charge is 2.32. The van der Waals surface area contributed by atoms with Crippen molar-refractivity contribution in [3.63, 3.8) is 0 Å². The number of benzene rings is 1. The second-order valence-corrected chi connectivity index (χ2v) is 4.94. The Morgan fingerprint density at radius 1 is 1.29 bits per heavy atom. The molecule has 0 radical (unpaired) electrons. The van der Waals surface area contributed by atoms with Gasteiger partial charge < -0.3 is 16.0 Å². The summed E-state index contributed by atoms with van der Waals surface area (Å²) < 4.78 is 0. The number of hydrogen-bond acceptors (Lipinski definition) is 3. The van der Waals surface area contributed by atoms with E-state index in [4.69, 9.17) is 5.73 Å². The van der Waals surface area contributed by atoms with Crippen LogP contribution in [0.25, 0.3) is 0 Å². The largest absolute Gasteiger partial charge is 0.353 e. The van der Waals surface area contributed by atoms with Crippen LogP contribution in [-0.4, -0.2) is 36.3 Å². The monoisotopic (exact) mass is 311 g/mol. The van der Waals surface area contributed by atoms with Gasteiger partial charge in [-0.1, -0.05) is 30.3 Å². The Kier molecular flexibility index (Phi) is 7.19. The Morgan fingerprint density at radius 3 is 2.62 bits per heavy atom. The molecule has 2 rings (SSSR count). The molecule has 1 saturated heterocycles. The molecule has 3 N–H and O–H groups in total. The number of likely N-dealkylation sites (tertiary alicyclic amines) is 1. The molecule has 1 atom stereocenters. The van der Waals surface area contributed by atoms with Crippen molar-refractivity contribution in [2.24, 2.45) is 5.73 Å². The van der Waals surface area contributed by atoms with Gasteiger partial charge in [-0.15, -0.1) is 12.4 Å². The second kappa shape index (κ2) is 8.64. The fourth-order valence-corrected chi connectivity index (χ4v) is 2.50. The summed E-state index contributed by atoms with van der Waals surface area (Å²) in [5, 5.41) is 2.79. The SMILES string of the molecule is Cl.NCCNC(=O)C(c1ccccc1)N1CCCCC1=O. The number of carbonyl (C=O) groups excluding carboxylic acids is 2. The van der Waals surface area contributed by atoms with Crippen LogP contribution in [0.5, 0.6) is 0 Å². The van der Waals surface area contributed by atoms with Crippen LogP contribution in [0, 0.1) is 0 Å². The Morgan fingerprint density at radius 2 is 2.00 bits per heavy atom. The highest BCUT2D eigenvalue weighted by Crippen LogP contribution is 2.25. The molecule has 5 nitrogen and oxygen atoms in total. The first-order valence-corrected chi connectivity index (χ1v) is 7.06. The van der Waals surface area contributed by atoms with Gasteiger partial charge >= 0.3 is 0 Å². The van der Waals surface area contributed by atoms with E-state index in [1.807, 2.05) is 30.3 Å². The number of nitrogens with two attached hydrogens (primary N) is 1. The molecule has 1 aliphatic rings. The summed E-state index contributed by atoms with van der Waals surface area (Å²) in [6.07, 6.45) is 2.37. The summed E-state index contributed by atoms with van der Waals surface area (Å²) in [6.45, 7) is 1.44. The van der Waals surface area contributed by atoms with Gasteiger partial charge in [-0.05, 0) is 18.4 Å². The first kappa shape index (κ1) is 17.5. The normalized spacial score (nSPS) is 16.0. The number of nitrogens with zero attached hydrogens (tertiary/aromatic N) is 1. The Labute approximate surface area is 131 Å². The predicted molar refractivity (Wildman–Crippen MR) is 84.1 cm³/mol. The van der Waals surface area contributed by atoms with Crippen LogP contribution >= 0.6 is 12.4 Å². The minimum absolute atomic E-state index is 0. The molecule has 1 aromatic rings. The van der Waals surface area contributed by atoms with Gasteiger partial charge in [0.2, 0.25) is 11.8 Å². The van der Waals surface area contributed by atoms with Crippen LogP contribution in [0.2, 0.25) is 0 Å². The van der Waals surface area contributed by atoms with Gasteiger partial charge in [0.05, 0.1) is 0 Å². The van der Waals surface area contributed by atoms with E-state index in [9.17, 15) is 9.59 Å². The van der Waals surface area contributed by atoms with E-state index in [2.05, 4.69) is 5.32 Å². The summed E-state index contributed by atoms with van der Waals surface area (Å²) in [4.78, 5) is 26.2. The molecule has 1 heterocycles. The van der Waals surface area contributed by atoms with Crippen molar-refractivity contribution < 1.29 is 9.59 Å². The molecule has 6 heteroatoms. The van der Waals surface area contributed by atoms with E-state index in [-0.39, 0.29) is 24.2 Å². The van der Waals surface area contributed by atoms with Crippen LogP contribution in [-0.2, 0) is 9.59 Å². The summed E-state index contributed by atoms with van der Waals surface area (Å²) >= 11 is 0. The molecule has 0 aliphatic carbocycles. The lowest BCUT2D eigenvalue weighted by molar-refractivity contribution is -0.142. The molecule has 1 aromatic carbocycles. The van der Waals surface area contributed by atoms with E-state index in [0.717, 1.165) is 18.4 Å². The van der Waals surface area contributed by atoms with E-state index < -0.39 is 6.04 Å². The quantitative estimate of drug-likeness (QED) is 0.859. The number of amides is 2. The minimum atomic E-state index is -0.546. The van der Waals surface area contributed by atoms with Crippen LogP contribution in [0.15, 0.2) is 30.3 Å². The van der Waals surface area contributed by atoms with Gasteiger partial charge in [-0.2, -0.15) is 0 Å². The zero-order valence-electron chi connectivity index (χ0n) is 12.0. The molecule has 21 heavy (non-hydrogen) atoms. The molecule has 0 bridgehead atoms. The Hall–Kier alpha value is -1.59. The summed E-state index contributed by atoms with van der Waals surface area (Å²) in [6, 6.07) is 8.88. The Balaban J connectivity index is 0.00000220. The van der Waals surface area contributed by atoms with Gasteiger partial charge in [0.1, 0.15) is 6.04 Å². The summed E-state index contributed by atoms with van der Waals surface area (Å²) in [7, 11) is 0. The average molecular weight is 312 g/mol. The van der Waals surface area contributed by atoms with Crippen molar-refractivity contribution in [1.82, 2.24) is 10.2 Å². The Bertz CT molecular complexity index is 467. The third-order valence-corrected chi connectivity index (χ3v) is 3.48.